The lowest BCUT2D eigenvalue weighted by molar-refractivity contribution is -0.132. The van der Waals surface area contributed by atoms with Gasteiger partial charge in [0.1, 0.15) is 17.1 Å². The third-order valence-corrected chi connectivity index (χ3v) is 2.39. The van der Waals surface area contributed by atoms with Gasteiger partial charge in [0.05, 0.1) is 11.1 Å². The Hall–Kier alpha value is -2.63. The van der Waals surface area contributed by atoms with Gasteiger partial charge in [-0.1, -0.05) is 0 Å². The monoisotopic (exact) mass is 234 g/mol. The number of carbonyl (C=O) groups is 3. The average molecular weight is 234 g/mol. The number of carbonyl (C=O) groups excluding carboxylic acids is 2. The topological polar surface area (TPSA) is 112 Å². The number of phenolic OH excluding ortho intramolecular Hbond substituents is 2. The molecular weight excluding hydrogens is 228 g/mol. The highest BCUT2D eigenvalue weighted by Gasteiger charge is 2.33. The van der Waals surface area contributed by atoms with Crippen molar-refractivity contribution in [3.05, 3.63) is 34.9 Å². The molecular formula is C11H6O6. The fourth-order valence-corrected chi connectivity index (χ4v) is 1.62. The number of carboxylic acids is 1. The quantitative estimate of drug-likeness (QED) is 0.481. The van der Waals surface area contributed by atoms with Crippen molar-refractivity contribution in [2.75, 3.05) is 0 Å². The molecule has 0 aromatic heterocycles. The van der Waals surface area contributed by atoms with E-state index in [2.05, 4.69) is 0 Å². The maximum absolute atomic E-state index is 11.7. The lowest BCUT2D eigenvalue weighted by Crippen LogP contribution is -2.22. The number of aromatic hydroxyl groups is 2. The first kappa shape index (κ1) is 10.9. The predicted octanol–water partition coefficient (Wildman–Crippen LogP) is 0.488. The van der Waals surface area contributed by atoms with Gasteiger partial charge in [-0.15, -0.1) is 0 Å². The van der Waals surface area contributed by atoms with Crippen LogP contribution in [0.15, 0.2) is 23.8 Å². The molecule has 17 heavy (non-hydrogen) atoms. The number of phenols is 2. The zero-order valence-electron chi connectivity index (χ0n) is 8.30. The van der Waals surface area contributed by atoms with Crippen LogP contribution in [0.1, 0.15) is 20.7 Å². The molecule has 0 heterocycles. The summed E-state index contributed by atoms with van der Waals surface area (Å²) in [6.07, 6.45) is 0.631. The molecule has 0 spiro atoms. The maximum Gasteiger partial charge on any atom is 0.339 e. The van der Waals surface area contributed by atoms with Gasteiger partial charge >= 0.3 is 5.97 Å². The van der Waals surface area contributed by atoms with Crippen LogP contribution in [0.4, 0.5) is 0 Å². The first-order valence-electron chi connectivity index (χ1n) is 4.52. The van der Waals surface area contributed by atoms with Crippen LogP contribution in [0.5, 0.6) is 11.5 Å². The zero-order chi connectivity index (χ0) is 12.7. The van der Waals surface area contributed by atoms with Crippen LogP contribution in [-0.4, -0.2) is 32.9 Å². The van der Waals surface area contributed by atoms with Crippen LogP contribution in [-0.2, 0) is 4.79 Å². The molecule has 0 unspecified atom stereocenters. The number of allylic oxidation sites excluding steroid dienone is 1. The van der Waals surface area contributed by atoms with Crippen molar-refractivity contribution < 1.29 is 29.7 Å². The van der Waals surface area contributed by atoms with E-state index in [0.29, 0.717) is 6.08 Å². The highest BCUT2D eigenvalue weighted by Crippen LogP contribution is 2.34. The summed E-state index contributed by atoms with van der Waals surface area (Å²) in [4.78, 5) is 34.0. The van der Waals surface area contributed by atoms with E-state index in [0.717, 1.165) is 12.1 Å². The minimum absolute atomic E-state index is 0.375. The third kappa shape index (κ3) is 1.46. The summed E-state index contributed by atoms with van der Waals surface area (Å²) in [5.41, 5.74) is -1.58. The molecule has 1 aliphatic rings. The Morgan fingerprint density at radius 1 is 1.00 bits per heavy atom. The number of fused-ring (bicyclic) bond motifs is 1. The average Bonchev–Trinajstić information content (AvgIpc) is 2.26. The molecule has 2 rings (SSSR count). The minimum Gasteiger partial charge on any atom is -0.507 e. The molecule has 0 radical (unpaired) electrons. The number of ketones is 2. The zero-order valence-corrected chi connectivity index (χ0v) is 8.30. The molecule has 0 atom stereocenters. The Kier molecular flexibility index (Phi) is 2.20. The minimum atomic E-state index is -1.56. The number of carboxylic acid groups (broad SMARTS) is 1. The normalized spacial score (nSPS) is 14.2. The molecule has 0 saturated carbocycles. The molecule has 0 amide bonds. The third-order valence-electron chi connectivity index (χ3n) is 2.39. The van der Waals surface area contributed by atoms with Gasteiger partial charge in [0.2, 0.25) is 5.78 Å². The van der Waals surface area contributed by atoms with Gasteiger partial charge in [-0.05, 0) is 12.1 Å². The Labute approximate surface area is 94.4 Å². The van der Waals surface area contributed by atoms with Gasteiger partial charge in [-0.2, -0.15) is 0 Å². The molecule has 0 saturated heterocycles. The number of Topliss-reactive ketones (excluding diaryl/α,β-unsaturated/α-hetero) is 1. The van der Waals surface area contributed by atoms with Crippen molar-refractivity contribution in [3.8, 4) is 11.5 Å². The van der Waals surface area contributed by atoms with Crippen molar-refractivity contribution in [1.29, 1.82) is 0 Å². The van der Waals surface area contributed by atoms with Gasteiger partial charge in [0, 0.05) is 6.08 Å². The van der Waals surface area contributed by atoms with E-state index in [-0.39, 0.29) is 5.56 Å². The molecule has 3 N–H and O–H groups in total. The lowest BCUT2D eigenvalue weighted by Gasteiger charge is -2.14. The summed E-state index contributed by atoms with van der Waals surface area (Å²) in [6, 6.07) is 2.07. The van der Waals surface area contributed by atoms with Crippen LogP contribution in [0.3, 0.4) is 0 Å². The molecule has 1 aromatic carbocycles. The van der Waals surface area contributed by atoms with E-state index in [9.17, 15) is 24.6 Å². The van der Waals surface area contributed by atoms with Crippen LogP contribution < -0.4 is 0 Å². The van der Waals surface area contributed by atoms with E-state index in [1.54, 1.807) is 0 Å². The van der Waals surface area contributed by atoms with Crippen LogP contribution >= 0.6 is 0 Å². The van der Waals surface area contributed by atoms with Crippen molar-refractivity contribution in [3.63, 3.8) is 0 Å². The Morgan fingerprint density at radius 2 is 1.53 bits per heavy atom. The van der Waals surface area contributed by atoms with Crippen LogP contribution in [0.2, 0.25) is 0 Å². The van der Waals surface area contributed by atoms with Gasteiger partial charge in [-0.3, -0.25) is 9.59 Å². The SMILES string of the molecule is O=C(O)C1=CC(=O)c2c(O)ccc(O)c2C1=O. The summed E-state index contributed by atoms with van der Waals surface area (Å²) < 4.78 is 0. The largest absolute Gasteiger partial charge is 0.507 e. The summed E-state index contributed by atoms with van der Waals surface area (Å²) in [7, 11) is 0. The fourth-order valence-electron chi connectivity index (χ4n) is 1.62. The second-order valence-electron chi connectivity index (χ2n) is 3.41. The summed E-state index contributed by atoms with van der Waals surface area (Å²) >= 11 is 0. The molecule has 1 aromatic rings. The summed E-state index contributed by atoms with van der Waals surface area (Å²) in [5.74, 6) is -4.40. The van der Waals surface area contributed by atoms with Crippen molar-refractivity contribution in [2.24, 2.45) is 0 Å². The number of benzene rings is 1. The highest BCUT2D eigenvalue weighted by atomic mass is 16.4. The van der Waals surface area contributed by atoms with Crippen molar-refractivity contribution >= 4 is 17.5 Å². The first-order valence-corrected chi connectivity index (χ1v) is 4.52. The van der Waals surface area contributed by atoms with E-state index < -0.39 is 40.2 Å². The number of hydrogen-bond donors (Lipinski definition) is 3. The maximum atomic E-state index is 11.7. The molecule has 86 valence electrons. The van der Waals surface area contributed by atoms with E-state index in [1.165, 1.54) is 0 Å². The van der Waals surface area contributed by atoms with Crippen LogP contribution in [0, 0.1) is 0 Å². The smallest absolute Gasteiger partial charge is 0.339 e. The molecule has 0 bridgehead atoms. The molecule has 6 nitrogen and oxygen atoms in total. The standard InChI is InChI=1S/C11H6O6/c12-5-1-2-6(13)9-8(5)7(14)3-4(10(9)15)11(16)17/h1-3,12-13H,(H,16,17). The van der Waals surface area contributed by atoms with Gasteiger partial charge in [0.25, 0.3) is 0 Å². The van der Waals surface area contributed by atoms with Gasteiger partial charge in [-0.25, -0.2) is 4.79 Å². The van der Waals surface area contributed by atoms with Crippen molar-refractivity contribution in [1.82, 2.24) is 0 Å². The summed E-state index contributed by atoms with van der Waals surface area (Å²) in [6.45, 7) is 0. The van der Waals surface area contributed by atoms with E-state index >= 15 is 0 Å². The predicted molar refractivity (Wildman–Crippen MR) is 54.2 cm³/mol. The Bertz CT molecular complexity index is 596. The fraction of sp³-hybridized carbons (Fsp3) is 0. The van der Waals surface area contributed by atoms with Crippen molar-refractivity contribution in [2.45, 2.75) is 0 Å². The van der Waals surface area contributed by atoms with E-state index in [4.69, 9.17) is 5.11 Å². The van der Waals surface area contributed by atoms with Gasteiger partial charge in [0.15, 0.2) is 5.78 Å². The van der Waals surface area contributed by atoms with Gasteiger partial charge < -0.3 is 15.3 Å². The Balaban J connectivity index is 2.77. The summed E-state index contributed by atoms with van der Waals surface area (Å²) in [5, 5.41) is 27.6. The lowest BCUT2D eigenvalue weighted by atomic mass is 9.88. The molecule has 0 aliphatic heterocycles. The Morgan fingerprint density at radius 3 is 2.06 bits per heavy atom. The number of rotatable bonds is 1. The number of hydrogen-bond acceptors (Lipinski definition) is 5. The van der Waals surface area contributed by atoms with E-state index in [1.807, 2.05) is 0 Å². The highest BCUT2D eigenvalue weighted by molar-refractivity contribution is 6.34. The number of aliphatic carboxylic acids is 1. The molecule has 0 fully saturated rings. The molecule has 1 aliphatic carbocycles. The molecule has 6 heteroatoms. The second-order valence-corrected chi connectivity index (χ2v) is 3.41. The first-order chi connectivity index (χ1) is 7.93. The van der Waals surface area contributed by atoms with Crippen LogP contribution in [0.25, 0.3) is 0 Å². The second kappa shape index (κ2) is 3.44.